The molecule has 1 unspecified atom stereocenters. The molecule has 0 aliphatic rings. The van der Waals surface area contributed by atoms with Gasteiger partial charge >= 0.3 is 5.76 Å². The molecular weight excluding hydrogens is 272 g/mol. The Labute approximate surface area is 121 Å². The van der Waals surface area contributed by atoms with E-state index in [9.17, 15) is 9.59 Å². The maximum absolute atomic E-state index is 12.1. The van der Waals surface area contributed by atoms with Gasteiger partial charge in [-0.3, -0.25) is 9.78 Å². The lowest BCUT2D eigenvalue weighted by Crippen LogP contribution is -2.47. The number of aromatic nitrogens is 1. The molecule has 0 bridgehead atoms. The number of carbonyl (C=O) groups excluding carboxylic acids is 1. The molecule has 5 N–H and O–H groups in total. The normalized spacial score (nSPS) is 13.1. The zero-order chi connectivity index (χ0) is 15.8. The van der Waals surface area contributed by atoms with Crippen LogP contribution >= 0.6 is 0 Å². The molecule has 0 saturated carbocycles. The first-order valence-electron chi connectivity index (χ1n) is 6.66. The quantitative estimate of drug-likeness (QED) is 0.639. The highest BCUT2D eigenvalue weighted by atomic mass is 16.4. The third-order valence-corrected chi connectivity index (χ3v) is 2.85. The van der Waals surface area contributed by atoms with Crippen LogP contribution in [0.4, 0.5) is 11.4 Å². The fourth-order valence-corrected chi connectivity index (χ4v) is 1.91. The Morgan fingerprint density at radius 3 is 2.67 bits per heavy atom. The van der Waals surface area contributed by atoms with Crippen molar-refractivity contribution in [3.8, 4) is 0 Å². The van der Waals surface area contributed by atoms with E-state index >= 15 is 0 Å². The van der Waals surface area contributed by atoms with Crippen molar-refractivity contribution < 1.29 is 9.21 Å². The number of nitrogens with one attached hydrogen (secondary N) is 3. The first kappa shape index (κ1) is 15.0. The van der Waals surface area contributed by atoms with Gasteiger partial charge in [-0.25, -0.2) is 4.79 Å². The van der Waals surface area contributed by atoms with E-state index in [2.05, 4.69) is 15.6 Å². The Morgan fingerprint density at radius 1 is 1.38 bits per heavy atom. The molecule has 7 nitrogen and oxygen atoms in total. The number of benzene rings is 1. The summed E-state index contributed by atoms with van der Waals surface area (Å²) in [4.78, 5) is 25.8. The van der Waals surface area contributed by atoms with Crippen LogP contribution in [0.15, 0.2) is 21.3 Å². The number of amides is 1. The summed E-state index contributed by atoms with van der Waals surface area (Å²) in [5.41, 5.74) is 7.48. The van der Waals surface area contributed by atoms with Gasteiger partial charge in [0.1, 0.15) is 6.04 Å². The highest BCUT2D eigenvalue weighted by Gasteiger charge is 2.20. The van der Waals surface area contributed by atoms with Crippen LogP contribution in [0.25, 0.3) is 11.1 Å². The number of fused-ring (bicyclic) bond motifs is 1. The molecule has 0 fully saturated rings. The van der Waals surface area contributed by atoms with Gasteiger partial charge in [-0.05, 0) is 33.8 Å². The lowest BCUT2D eigenvalue weighted by molar-refractivity contribution is -0.122. The highest BCUT2D eigenvalue weighted by Crippen LogP contribution is 2.25. The number of aromatic amines is 1. The third-order valence-electron chi connectivity index (χ3n) is 2.85. The Kier molecular flexibility index (Phi) is 3.67. The molecule has 1 aromatic heterocycles. The van der Waals surface area contributed by atoms with Crippen molar-refractivity contribution >= 4 is 28.4 Å². The Bertz CT molecular complexity index is 724. The van der Waals surface area contributed by atoms with Gasteiger partial charge in [0.15, 0.2) is 5.58 Å². The first-order chi connectivity index (χ1) is 9.65. The zero-order valence-corrected chi connectivity index (χ0v) is 12.5. The molecule has 2 aromatic rings. The Hall–Kier alpha value is -2.44. The molecule has 1 aromatic carbocycles. The molecule has 21 heavy (non-hydrogen) atoms. The SMILES string of the molecule is CC(Nc1cc2[nH]c(=O)oc2cc1N)C(=O)NC(C)(C)C. The monoisotopic (exact) mass is 292 g/mol. The summed E-state index contributed by atoms with van der Waals surface area (Å²) < 4.78 is 4.92. The van der Waals surface area contributed by atoms with Crippen LogP contribution in [0.2, 0.25) is 0 Å². The maximum atomic E-state index is 12.1. The number of hydrogen-bond donors (Lipinski definition) is 4. The number of anilines is 2. The van der Waals surface area contributed by atoms with Crippen molar-refractivity contribution in [2.75, 3.05) is 11.1 Å². The van der Waals surface area contributed by atoms with Gasteiger partial charge in [0.2, 0.25) is 5.91 Å². The summed E-state index contributed by atoms with van der Waals surface area (Å²) in [6, 6.07) is 2.73. The Morgan fingerprint density at radius 2 is 2.05 bits per heavy atom. The third kappa shape index (κ3) is 3.56. The van der Waals surface area contributed by atoms with E-state index in [1.807, 2.05) is 20.8 Å². The second-order valence-electron chi connectivity index (χ2n) is 6.06. The van der Waals surface area contributed by atoms with Gasteiger partial charge in [0.05, 0.1) is 16.9 Å². The summed E-state index contributed by atoms with van der Waals surface area (Å²) in [7, 11) is 0. The smallest absolute Gasteiger partial charge is 0.408 e. The minimum atomic E-state index is -0.542. The van der Waals surface area contributed by atoms with Crippen molar-refractivity contribution in [3.63, 3.8) is 0 Å². The molecule has 0 aliphatic heterocycles. The second kappa shape index (κ2) is 5.16. The number of rotatable bonds is 3. The van der Waals surface area contributed by atoms with Crippen LogP contribution in [0, 0.1) is 0 Å². The largest absolute Gasteiger partial charge is 0.417 e. The van der Waals surface area contributed by atoms with Crippen LogP contribution in [-0.4, -0.2) is 22.5 Å². The zero-order valence-electron chi connectivity index (χ0n) is 12.5. The fraction of sp³-hybridized carbons (Fsp3) is 0.429. The van der Waals surface area contributed by atoms with E-state index in [1.54, 1.807) is 19.1 Å². The fourth-order valence-electron chi connectivity index (χ4n) is 1.91. The van der Waals surface area contributed by atoms with Gasteiger partial charge in [-0.2, -0.15) is 0 Å². The highest BCUT2D eigenvalue weighted by molar-refractivity contribution is 5.89. The molecule has 0 saturated heterocycles. The van der Waals surface area contributed by atoms with E-state index in [-0.39, 0.29) is 11.4 Å². The van der Waals surface area contributed by atoms with E-state index < -0.39 is 11.8 Å². The lowest BCUT2D eigenvalue weighted by Gasteiger charge is -2.24. The van der Waals surface area contributed by atoms with E-state index in [0.717, 1.165) is 0 Å². The molecule has 2 rings (SSSR count). The average Bonchev–Trinajstić information content (AvgIpc) is 2.66. The number of nitrogens with two attached hydrogens (primary N) is 1. The van der Waals surface area contributed by atoms with Crippen LogP contribution in [-0.2, 0) is 4.79 Å². The lowest BCUT2D eigenvalue weighted by atomic mass is 10.1. The van der Waals surface area contributed by atoms with Crippen LogP contribution in [0.1, 0.15) is 27.7 Å². The number of H-pyrrole nitrogens is 1. The van der Waals surface area contributed by atoms with Crippen molar-refractivity contribution in [1.29, 1.82) is 0 Å². The van der Waals surface area contributed by atoms with Gasteiger partial charge in [0, 0.05) is 11.6 Å². The van der Waals surface area contributed by atoms with E-state index in [0.29, 0.717) is 22.5 Å². The molecule has 1 amide bonds. The van der Waals surface area contributed by atoms with Crippen molar-refractivity contribution in [2.24, 2.45) is 0 Å². The second-order valence-corrected chi connectivity index (χ2v) is 6.06. The topological polar surface area (TPSA) is 113 Å². The summed E-state index contributed by atoms with van der Waals surface area (Å²) in [6.07, 6.45) is 0. The van der Waals surface area contributed by atoms with E-state index in [1.165, 1.54) is 0 Å². The van der Waals surface area contributed by atoms with Crippen LogP contribution in [0.3, 0.4) is 0 Å². The van der Waals surface area contributed by atoms with Crippen LogP contribution < -0.4 is 22.1 Å². The maximum Gasteiger partial charge on any atom is 0.417 e. The van der Waals surface area contributed by atoms with Crippen molar-refractivity contribution in [2.45, 2.75) is 39.3 Å². The average molecular weight is 292 g/mol. The van der Waals surface area contributed by atoms with Gasteiger partial charge in [-0.1, -0.05) is 0 Å². The summed E-state index contributed by atoms with van der Waals surface area (Å²) in [5, 5.41) is 5.91. The summed E-state index contributed by atoms with van der Waals surface area (Å²) in [6.45, 7) is 7.47. The minimum absolute atomic E-state index is 0.136. The van der Waals surface area contributed by atoms with Crippen molar-refractivity contribution in [1.82, 2.24) is 10.3 Å². The van der Waals surface area contributed by atoms with Crippen molar-refractivity contribution in [3.05, 3.63) is 22.7 Å². The van der Waals surface area contributed by atoms with Gasteiger partial charge in [0.25, 0.3) is 0 Å². The summed E-state index contributed by atoms with van der Waals surface area (Å²) >= 11 is 0. The van der Waals surface area contributed by atoms with Gasteiger partial charge in [-0.15, -0.1) is 0 Å². The number of hydrogen-bond acceptors (Lipinski definition) is 5. The minimum Gasteiger partial charge on any atom is -0.408 e. The molecule has 0 aliphatic carbocycles. The van der Waals surface area contributed by atoms with Gasteiger partial charge < -0.3 is 20.8 Å². The molecule has 0 spiro atoms. The molecule has 7 heteroatoms. The molecule has 114 valence electrons. The summed E-state index contributed by atoms with van der Waals surface area (Å²) in [5.74, 6) is -0.678. The molecular formula is C14H20N4O3. The standard InChI is InChI=1S/C14H20N4O3/c1-7(12(19)18-14(2,3)4)16-9-6-10-11(5-8(9)15)21-13(20)17-10/h5-7,16H,15H2,1-4H3,(H,17,20)(H,18,19). The predicted molar refractivity (Wildman–Crippen MR) is 82.2 cm³/mol. The molecule has 1 atom stereocenters. The number of nitrogen functional groups attached to an aromatic ring is 1. The first-order valence-corrected chi connectivity index (χ1v) is 6.66. The predicted octanol–water partition coefficient (Wildman–Crippen LogP) is 1.42. The van der Waals surface area contributed by atoms with E-state index in [4.69, 9.17) is 10.2 Å². The number of oxazole rings is 1. The molecule has 1 heterocycles. The van der Waals surface area contributed by atoms with Crippen LogP contribution in [0.5, 0.6) is 0 Å². The number of carbonyl (C=O) groups is 1. The Balaban J connectivity index is 2.20. The molecule has 0 radical (unpaired) electrons.